The van der Waals surface area contributed by atoms with Crippen LogP contribution >= 0.6 is 22.6 Å². The summed E-state index contributed by atoms with van der Waals surface area (Å²) in [4.78, 5) is 12.7. The molecule has 1 rings (SSSR count). The van der Waals surface area contributed by atoms with Crippen LogP contribution in [0.25, 0.3) is 0 Å². The zero-order valence-corrected chi connectivity index (χ0v) is 12.1. The summed E-state index contributed by atoms with van der Waals surface area (Å²) in [5, 5.41) is 8.73. The van der Waals surface area contributed by atoms with Crippen molar-refractivity contribution in [1.29, 1.82) is 0 Å². The lowest BCUT2D eigenvalue weighted by molar-refractivity contribution is -0.145. The van der Waals surface area contributed by atoms with Gasteiger partial charge in [-0.1, -0.05) is 12.1 Å². The van der Waals surface area contributed by atoms with Crippen LogP contribution < -0.4 is 0 Å². The highest BCUT2D eigenvalue weighted by Gasteiger charge is 2.31. The number of Topliss-reactive ketones (excluding diaryl/α,β-unsaturated/α-hetero) is 1. The number of aliphatic hydroxyl groups is 1. The van der Waals surface area contributed by atoms with Gasteiger partial charge in [0.25, 0.3) is 0 Å². The van der Waals surface area contributed by atoms with Crippen LogP contribution in [-0.2, 0) is 0 Å². The van der Waals surface area contributed by atoms with Crippen LogP contribution in [0.5, 0.6) is 0 Å². The van der Waals surface area contributed by atoms with E-state index in [1.807, 2.05) is 0 Å². The van der Waals surface area contributed by atoms with Gasteiger partial charge < -0.3 is 5.11 Å². The Bertz CT molecular complexity index is 420. The van der Waals surface area contributed by atoms with Gasteiger partial charge in [-0.15, -0.1) is 0 Å². The minimum Gasteiger partial charge on any atom is -0.395 e. The highest BCUT2D eigenvalue weighted by Crippen LogP contribution is 2.17. The fraction of sp³-hybridized carbons (Fsp3) is 0.417. The van der Waals surface area contributed by atoms with E-state index in [9.17, 15) is 18.0 Å². The van der Waals surface area contributed by atoms with Gasteiger partial charge >= 0.3 is 6.18 Å². The molecule has 1 aromatic rings. The van der Waals surface area contributed by atoms with Crippen LogP contribution in [0, 0.1) is 3.57 Å². The zero-order valence-electron chi connectivity index (χ0n) is 9.95. The van der Waals surface area contributed by atoms with Gasteiger partial charge in [0.2, 0.25) is 0 Å². The molecular formula is C12H13F3INO2. The number of benzene rings is 1. The molecule has 0 aliphatic heterocycles. The molecular weight excluding hydrogens is 374 g/mol. The van der Waals surface area contributed by atoms with Crippen molar-refractivity contribution in [3.05, 3.63) is 33.4 Å². The van der Waals surface area contributed by atoms with Crippen LogP contribution in [0.1, 0.15) is 10.4 Å². The molecule has 0 unspecified atom stereocenters. The number of nitrogens with zero attached hydrogens (tertiary/aromatic N) is 1. The van der Waals surface area contributed by atoms with E-state index in [0.29, 0.717) is 5.56 Å². The number of hydrogen-bond donors (Lipinski definition) is 1. The molecule has 0 fully saturated rings. The molecule has 7 heteroatoms. The highest BCUT2D eigenvalue weighted by atomic mass is 127. The van der Waals surface area contributed by atoms with Crippen molar-refractivity contribution in [2.24, 2.45) is 0 Å². The molecule has 3 nitrogen and oxygen atoms in total. The van der Waals surface area contributed by atoms with E-state index in [0.717, 1.165) is 8.47 Å². The first-order chi connectivity index (χ1) is 8.81. The Morgan fingerprint density at radius 1 is 1.26 bits per heavy atom. The van der Waals surface area contributed by atoms with E-state index < -0.39 is 25.1 Å². The Labute approximate surface area is 122 Å². The maximum atomic E-state index is 12.3. The average Bonchev–Trinajstić information content (AvgIpc) is 2.27. The largest absolute Gasteiger partial charge is 0.401 e. The number of aliphatic hydroxyl groups excluding tert-OH is 1. The minimum absolute atomic E-state index is 0.185. The fourth-order valence-corrected chi connectivity index (χ4v) is 1.90. The zero-order chi connectivity index (χ0) is 14.5. The van der Waals surface area contributed by atoms with E-state index in [1.165, 1.54) is 0 Å². The van der Waals surface area contributed by atoms with Gasteiger partial charge in [0.05, 0.1) is 19.7 Å². The molecule has 0 spiro atoms. The van der Waals surface area contributed by atoms with Crippen LogP contribution in [0.15, 0.2) is 24.3 Å². The Balaban J connectivity index is 2.68. The van der Waals surface area contributed by atoms with Crippen LogP contribution in [0.2, 0.25) is 0 Å². The molecule has 0 amide bonds. The maximum absolute atomic E-state index is 12.3. The van der Waals surface area contributed by atoms with Gasteiger partial charge in [0.1, 0.15) is 0 Å². The molecule has 0 aliphatic rings. The van der Waals surface area contributed by atoms with Crippen molar-refractivity contribution >= 4 is 28.4 Å². The lowest BCUT2D eigenvalue weighted by atomic mass is 10.1. The van der Waals surface area contributed by atoms with Crippen molar-refractivity contribution in [3.8, 4) is 0 Å². The Morgan fingerprint density at radius 2 is 1.84 bits per heavy atom. The van der Waals surface area contributed by atoms with E-state index in [4.69, 9.17) is 5.11 Å². The summed E-state index contributed by atoms with van der Waals surface area (Å²) in [7, 11) is 0. The lowest BCUT2D eigenvalue weighted by Crippen LogP contribution is -2.39. The first kappa shape index (κ1) is 16.4. The molecule has 0 aliphatic carbocycles. The highest BCUT2D eigenvalue weighted by molar-refractivity contribution is 14.1. The van der Waals surface area contributed by atoms with Gasteiger partial charge in [-0.3, -0.25) is 9.69 Å². The summed E-state index contributed by atoms with van der Waals surface area (Å²) in [6.07, 6.45) is -4.39. The van der Waals surface area contributed by atoms with Gasteiger partial charge in [-0.2, -0.15) is 13.2 Å². The summed E-state index contributed by atoms with van der Waals surface area (Å²) >= 11 is 2.07. The topological polar surface area (TPSA) is 40.5 Å². The lowest BCUT2D eigenvalue weighted by Gasteiger charge is -2.21. The van der Waals surface area contributed by atoms with E-state index in [-0.39, 0.29) is 13.1 Å². The molecule has 0 atom stereocenters. The van der Waals surface area contributed by atoms with Crippen LogP contribution in [0.4, 0.5) is 13.2 Å². The number of rotatable bonds is 6. The van der Waals surface area contributed by atoms with E-state index >= 15 is 0 Å². The van der Waals surface area contributed by atoms with E-state index in [1.54, 1.807) is 24.3 Å². The summed E-state index contributed by atoms with van der Waals surface area (Å²) < 4.78 is 37.8. The first-order valence-electron chi connectivity index (χ1n) is 5.50. The Morgan fingerprint density at radius 3 is 2.32 bits per heavy atom. The first-order valence-corrected chi connectivity index (χ1v) is 6.58. The van der Waals surface area contributed by atoms with Crippen molar-refractivity contribution in [2.45, 2.75) is 6.18 Å². The van der Waals surface area contributed by atoms with Gasteiger partial charge in [0.15, 0.2) is 5.78 Å². The number of carbonyl (C=O) groups excluding carboxylic acids is 1. The molecule has 0 radical (unpaired) electrons. The van der Waals surface area contributed by atoms with Crippen LogP contribution in [-0.4, -0.2) is 48.2 Å². The molecule has 106 valence electrons. The molecule has 1 N–H and O–H groups in total. The number of halogens is 4. The summed E-state index contributed by atoms with van der Waals surface area (Å²) in [5.74, 6) is -0.394. The molecule has 0 bridgehead atoms. The number of ketones is 1. The third-order valence-corrected chi connectivity index (χ3v) is 3.07. The monoisotopic (exact) mass is 387 g/mol. The second-order valence-corrected chi connectivity index (χ2v) is 5.23. The third kappa shape index (κ3) is 6.35. The van der Waals surface area contributed by atoms with Crippen molar-refractivity contribution in [3.63, 3.8) is 0 Å². The Kier molecular flexibility index (Phi) is 6.21. The Hall–Kier alpha value is -0.670. The fourth-order valence-electron chi connectivity index (χ4n) is 1.54. The predicted molar refractivity (Wildman–Crippen MR) is 73.1 cm³/mol. The standard InChI is InChI=1S/C12H13F3INO2/c13-12(14,15)8-17(5-6-18)7-11(19)9-1-3-10(16)4-2-9/h1-4,18H,5-8H2. The second kappa shape index (κ2) is 7.20. The van der Waals surface area contributed by atoms with Crippen molar-refractivity contribution in [1.82, 2.24) is 4.90 Å². The average molecular weight is 387 g/mol. The van der Waals surface area contributed by atoms with Crippen molar-refractivity contribution < 1.29 is 23.1 Å². The molecule has 0 saturated carbocycles. The molecule has 19 heavy (non-hydrogen) atoms. The summed E-state index contributed by atoms with van der Waals surface area (Å²) in [5.41, 5.74) is 0.366. The predicted octanol–water partition coefficient (Wildman–Crippen LogP) is 2.33. The van der Waals surface area contributed by atoms with Gasteiger partial charge in [0, 0.05) is 15.7 Å². The second-order valence-electron chi connectivity index (χ2n) is 3.98. The normalized spacial score (nSPS) is 11.9. The number of carbonyl (C=O) groups is 1. The molecule has 1 aromatic carbocycles. The smallest absolute Gasteiger partial charge is 0.395 e. The van der Waals surface area contributed by atoms with Crippen molar-refractivity contribution in [2.75, 3.05) is 26.2 Å². The molecule has 0 heterocycles. The van der Waals surface area contributed by atoms with Gasteiger partial charge in [-0.25, -0.2) is 0 Å². The maximum Gasteiger partial charge on any atom is 0.401 e. The van der Waals surface area contributed by atoms with Crippen LogP contribution in [0.3, 0.4) is 0 Å². The minimum atomic E-state index is -4.39. The number of hydrogen-bond acceptors (Lipinski definition) is 3. The SMILES string of the molecule is O=C(CN(CCO)CC(F)(F)F)c1ccc(I)cc1. The quantitative estimate of drug-likeness (QED) is 0.602. The van der Waals surface area contributed by atoms with E-state index in [2.05, 4.69) is 22.6 Å². The van der Waals surface area contributed by atoms with Gasteiger partial charge in [-0.05, 0) is 34.7 Å². The molecule has 0 saturated heterocycles. The summed E-state index contributed by atoms with van der Waals surface area (Å²) in [6, 6.07) is 6.59. The number of alkyl halides is 3. The molecule has 0 aromatic heterocycles. The summed E-state index contributed by atoms with van der Waals surface area (Å²) in [6.45, 7) is -2.17. The third-order valence-electron chi connectivity index (χ3n) is 2.35.